The lowest BCUT2D eigenvalue weighted by Crippen LogP contribution is -2.42. The highest BCUT2D eigenvalue weighted by atomic mass is 16.5. The topological polar surface area (TPSA) is 46.6 Å². The Labute approximate surface area is 103 Å². The van der Waals surface area contributed by atoms with E-state index in [9.17, 15) is 9.59 Å². The molecular formula is C13H23NO3. The highest BCUT2D eigenvalue weighted by molar-refractivity contribution is 5.82. The highest BCUT2D eigenvalue weighted by Gasteiger charge is 2.26. The average Bonchev–Trinajstić information content (AvgIpc) is 2.19. The van der Waals surface area contributed by atoms with Crippen molar-refractivity contribution in [3.8, 4) is 0 Å². The first kappa shape index (κ1) is 14.0. The molecule has 0 bridgehead atoms. The first-order valence-corrected chi connectivity index (χ1v) is 6.49. The first-order valence-electron chi connectivity index (χ1n) is 6.49. The van der Waals surface area contributed by atoms with Crippen LogP contribution in [0.25, 0.3) is 0 Å². The van der Waals surface area contributed by atoms with Gasteiger partial charge in [0.05, 0.1) is 6.61 Å². The standard InChI is InChI=1S/C13H23NO3/c1-4-17-13(16)9-14(10(2)3)12(15)8-11-6-5-7-11/h10-11H,4-9H2,1-3H3. The van der Waals surface area contributed by atoms with E-state index >= 15 is 0 Å². The maximum Gasteiger partial charge on any atom is 0.325 e. The van der Waals surface area contributed by atoms with Crippen molar-refractivity contribution in [2.24, 2.45) is 5.92 Å². The van der Waals surface area contributed by atoms with Crippen LogP contribution >= 0.6 is 0 Å². The third-order valence-corrected chi connectivity index (χ3v) is 3.24. The van der Waals surface area contributed by atoms with E-state index < -0.39 is 0 Å². The van der Waals surface area contributed by atoms with Crippen LogP contribution in [0.15, 0.2) is 0 Å². The molecule has 0 spiro atoms. The van der Waals surface area contributed by atoms with Crippen LogP contribution in [0.3, 0.4) is 0 Å². The molecule has 4 heteroatoms. The van der Waals surface area contributed by atoms with Gasteiger partial charge in [0.25, 0.3) is 0 Å². The van der Waals surface area contributed by atoms with Gasteiger partial charge in [-0.25, -0.2) is 0 Å². The van der Waals surface area contributed by atoms with Gasteiger partial charge in [0, 0.05) is 12.5 Å². The zero-order valence-corrected chi connectivity index (χ0v) is 11.1. The van der Waals surface area contributed by atoms with E-state index in [2.05, 4.69) is 0 Å². The number of hydrogen-bond donors (Lipinski definition) is 0. The molecule has 98 valence electrons. The van der Waals surface area contributed by atoms with Gasteiger partial charge in [0.15, 0.2) is 0 Å². The van der Waals surface area contributed by atoms with Crippen LogP contribution in [-0.4, -0.2) is 36.0 Å². The van der Waals surface area contributed by atoms with Gasteiger partial charge in [-0.3, -0.25) is 9.59 Å². The average molecular weight is 241 g/mol. The van der Waals surface area contributed by atoms with Crippen LogP contribution in [-0.2, 0) is 14.3 Å². The van der Waals surface area contributed by atoms with Gasteiger partial charge < -0.3 is 9.64 Å². The van der Waals surface area contributed by atoms with E-state index in [1.807, 2.05) is 13.8 Å². The quantitative estimate of drug-likeness (QED) is 0.668. The van der Waals surface area contributed by atoms with Crippen LogP contribution in [0.5, 0.6) is 0 Å². The van der Waals surface area contributed by atoms with Crippen molar-refractivity contribution in [2.45, 2.75) is 52.5 Å². The summed E-state index contributed by atoms with van der Waals surface area (Å²) in [4.78, 5) is 25.1. The summed E-state index contributed by atoms with van der Waals surface area (Å²) < 4.78 is 4.89. The molecule has 0 aromatic carbocycles. The molecule has 1 amide bonds. The number of amides is 1. The minimum absolute atomic E-state index is 0.0481. The molecule has 17 heavy (non-hydrogen) atoms. The van der Waals surface area contributed by atoms with Crippen molar-refractivity contribution in [1.29, 1.82) is 0 Å². The zero-order chi connectivity index (χ0) is 12.8. The van der Waals surface area contributed by atoms with Crippen molar-refractivity contribution >= 4 is 11.9 Å². The summed E-state index contributed by atoms with van der Waals surface area (Å²) in [5.74, 6) is 0.298. The fourth-order valence-corrected chi connectivity index (χ4v) is 1.97. The molecule has 1 fully saturated rings. The molecule has 1 aliphatic carbocycles. The maximum absolute atomic E-state index is 12.0. The number of carbonyl (C=O) groups is 2. The van der Waals surface area contributed by atoms with Gasteiger partial charge in [0.2, 0.25) is 5.91 Å². The van der Waals surface area contributed by atoms with Crippen LogP contribution in [0.2, 0.25) is 0 Å². The molecule has 0 radical (unpaired) electrons. The Kier molecular flexibility index (Phi) is 5.45. The molecule has 0 heterocycles. The van der Waals surface area contributed by atoms with Crippen molar-refractivity contribution < 1.29 is 14.3 Å². The molecule has 1 rings (SSSR count). The van der Waals surface area contributed by atoms with E-state index in [-0.39, 0.29) is 24.5 Å². The van der Waals surface area contributed by atoms with Gasteiger partial charge >= 0.3 is 5.97 Å². The van der Waals surface area contributed by atoms with E-state index in [1.54, 1.807) is 11.8 Å². The summed E-state index contributed by atoms with van der Waals surface area (Å²) in [6.07, 6.45) is 4.11. The molecule has 1 saturated carbocycles. The molecular weight excluding hydrogens is 218 g/mol. The van der Waals surface area contributed by atoms with Gasteiger partial charge in [-0.05, 0) is 39.5 Å². The Hall–Kier alpha value is -1.06. The number of nitrogens with zero attached hydrogens (tertiary/aromatic N) is 1. The number of rotatable bonds is 6. The lowest BCUT2D eigenvalue weighted by molar-refractivity contribution is -0.150. The van der Waals surface area contributed by atoms with Gasteiger partial charge in [-0.1, -0.05) is 6.42 Å². The predicted molar refractivity (Wildman–Crippen MR) is 65.4 cm³/mol. The summed E-state index contributed by atoms with van der Waals surface area (Å²) >= 11 is 0. The van der Waals surface area contributed by atoms with Gasteiger partial charge in [-0.15, -0.1) is 0 Å². The second-order valence-corrected chi connectivity index (χ2v) is 4.92. The van der Waals surface area contributed by atoms with Crippen LogP contribution in [0, 0.1) is 5.92 Å². The molecule has 0 N–H and O–H groups in total. The normalized spacial score (nSPS) is 15.5. The van der Waals surface area contributed by atoms with E-state index in [0.717, 1.165) is 12.8 Å². The third-order valence-electron chi connectivity index (χ3n) is 3.24. The summed E-state index contributed by atoms with van der Waals surface area (Å²) in [5, 5.41) is 0. The maximum atomic E-state index is 12.0. The molecule has 0 unspecified atom stereocenters. The van der Waals surface area contributed by atoms with Crippen molar-refractivity contribution in [1.82, 2.24) is 4.90 Å². The fourth-order valence-electron chi connectivity index (χ4n) is 1.97. The van der Waals surface area contributed by atoms with E-state index in [4.69, 9.17) is 4.74 Å². The molecule has 4 nitrogen and oxygen atoms in total. The Morgan fingerprint density at radius 1 is 1.35 bits per heavy atom. The van der Waals surface area contributed by atoms with Gasteiger partial charge in [-0.2, -0.15) is 0 Å². The highest BCUT2D eigenvalue weighted by Crippen LogP contribution is 2.30. The van der Waals surface area contributed by atoms with Crippen LogP contribution in [0.1, 0.15) is 46.5 Å². The zero-order valence-electron chi connectivity index (χ0n) is 11.1. The van der Waals surface area contributed by atoms with E-state index in [0.29, 0.717) is 18.9 Å². The molecule has 0 aliphatic heterocycles. The molecule has 1 aliphatic rings. The number of esters is 1. The van der Waals surface area contributed by atoms with Crippen molar-refractivity contribution in [3.05, 3.63) is 0 Å². The van der Waals surface area contributed by atoms with Crippen LogP contribution in [0.4, 0.5) is 0 Å². The van der Waals surface area contributed by atoms with Crippen molar-refractivity contribution in [2.75, 3.05) is 13.2 Å². The SMILES string of the molecule is CCOC(=O)CN(C(=O)CC1CCC1)C(C)C. The number of ether oxygens (including phenoxy) is 1. The summed E-state index contributed by atoms with van der Waals surface area (Å²) in [7, 11) is 0. The van der Waals surface area contributed by atoms with Crippen LogP contribution < -0.4 is 0 Å². The summed E-state index contributed by atoms with van der Waals surface area (Å²) in [6, 6.07) is 0.0481. The number of carbonyl (C=O) groups excluding carboxylic acids is 2. The monoisotopic (exact) mass is 241 g/mol. The Morgan fingerprint density at radius 2 is 2.00 bits per heavy atom. The molecule has 0 atom stereocenters. The Balaban J connectivity index is 2.45. The summed E-state index contributed by atoms with van der Waals surface area (Å²) in [6.45, 7) is 6.07. The van der Waals surface area contributed by atoms with Gasteiger partial charge in [0.1, 0.15) is 6.54 Å². The molecule has 0 aromatic rings. The lowest BCUT2D eigenvalue weighted by atomic mass is 9.82. The minimum atomic E-state index is -0.317. The third kappa shape index (κ3) is 4.36. The summed E-state index contributed by atoms with van der Waals surface area (Å²) in [5.41, 5.74) is 0. The second kappa shape index (κ2) is 6.62. The predicted octanol–water partition coefficient (Wildman–Crippen LogP) is 1.98. The molecule has 0 saturated heterocycles. The van der Waals surface area contributed by atoms with Crippen molar-refractivity contribution in [3.63, 3.8) is 0 Å². The largest absolute Gasteiger partial charge is 0.465 e. The Bertz CT molecular complexity index is 272. The first-order chi connectivity index (χ1) is 8.04. The second-order valence-electron chi connectivity index (χ2n) is 4.92. The smallest absolute Gasteiger partial charge is 0.325 e. The van der Waals surface area contributed by atoms with E-state index in [1.165, 1.54) is 6.42 Å². The fraction of sp³-hybridized carbons (Fsp3) is 0.846. The number of hydrogen-bond acceptors (Lipinski definition) is 3. The minimum Gasteiger partial charge on any atom is -0.465 e. The Morgan fingerprint density at radius 3 is 2.41 bits per heavy atom. The lowest BCUT2D eigenvalue weighted by Gasteiger charge is -2.30. The molecule has 0 aromatic heterocycles.